The lowest BCUT2D eigenvalue weighted by Crippen LogP contribution is -2.08. The van der Waals surface area contributed by atoms with Crippen LogP contribution in [-0.4, -0.2) is 26.0 Å². The summed E-state index contributed by atoms with van der Waals surface area (Å²) in [5.41, 5.74) is 0.321. The summed E-state index contributed by atoms with van der Waals surface area (Å²) in [4.78, 5) is 33.1. The van der Waals surface area contributed by atoms with Crippen molar-refractivity contribution in [2.75, 3.05) is 0 Å². The highest BCUT2D eigenvalue weighted by Crippen LogP contribution is 2.23. The number of carboxylic acid groups (broad SMARTS) is 1. The van der Waals surface area contributed by atoms with Crippen molar-refractivity contribution >= 4 is 17.7 Å². The largest absolute Gasteiger partial charge is 0.477 e. The summed E-state index contributed by atoms with van der Waals surface area (Å²) < 4.78 is 0. The lowest BCUT2D eigenvalue weighted by Gasteiger charge is -2.02. The van der Waals surface area contributed by atoms with Gasteiger partial charge in [0.25, 0.3) is 5.56 Å². The van der Waals surface area contributed by atoms with Crippen molar-refractivity contribution in [3.63, 3.8) is 0 Å². The Labute approximate surface area is 106 Å². The summed E-state index contributed by atoms with van der Waals surface area (Å²) in [6.45, 7) is 1.72. The van der Waals surface area contributed by atoms with E-state index in [0.29, 0.717) is 15.7 Å². The second-order valence-corrected chi connectivity index (χ2v) is 4.54. The summed E-state index contributed by atoms with van der Waals surface area (Å²) in [6, 6.07) is 4.47. The average molecular weight is 263 g/mol. The van der Waals surface area contributed by atoms with Crippen LogP contribution in [0, 0.1) is 6.92 Å². The Morgan fingerprint density at radius 1 is 1.44 bits per heavy atom. The first-order chi connectivity index (χ1) is 8.54. The van der Waals surface area contributed by atoms with Crippen LogP contribution in [0.15, 0.2) is 39.2 Å². The highest BCUT2D eigenvalue weighted by atomic mass is 32.2. The molecule has 7 heteroatoms. The first-order valence-electron chi connectivity index (χ1n) is 5.00. The van der Waals surface area contributed by atoms with Gasteiger partial charge in [-0.3, -0.25) is 4.79 Å². The Kier molecular flexibility index (Phi) is 3.42. The Morgan fingerprint density at radius 2 is 2.22 bits per heavy atom. The van der Waals surface area contributed by atoms with Gasteiger partial charge in [-0.2, -0.15) is 0 Å². The van der Waals surface area contributed by atoms with Crippen LogP contribution in [0.2, 0.25) is 0 Å². The Hall–Kier alpha value is -2.15. The number of aromatic amines is 1. The van der Waals surface area contributed by atoms with E-state index in [4.69, 9.17) is 5.11 Å². The Bertz CT molecular complexity index is 654. The van der Waals surface area contributed by atoms with Gasteiger partial charge in [0.1, 0.15) is 5.69 Å². The van der Waals surface area contributed by atoms with Gasteiger partial charge >= 0.3 is 5.97 Å². The molecule has 0 radical (unpaired) electrons. The third kappa shape index (κ3) is 2.95. The first-order valence-corrected chi connectivity index (χ1v) is 5.81. The zero-order chi connectivity index (χ0) is 13.1. The molecule has 0 aliphatic heterocycles. The molecule has 0 bridgehead atoms. The Morgan fingerprint density at radius 3 is 2.89 bits per heavy atom. The average Bonchev–Trinajstić information content (AvgIpc) is 2.27. The minimum absolute atomic E-state index is 0.0463. The normalized spacial score (nSPS) is 10.3. The summed E-state index contributed by atoms with van der Waals surface area (Å²) in [5, 5.41) is 9.24. The van der Waals surface area contributed by atoms with E-state index in [-0.39, 0.29) is 11.3 Å². The fourth-order valence-electron chi connectivity index (χ4n) is 1.30. The molecule has 92 valence electrons. The van der Waals surface area contributed by atoms with Crippen molar-refractivity contribution in [2.45, 2.75) is 17.0 Å². The molecular weight excluding hydrogens is 254 g/mol. The van der Waals surface area contributed by atoms with Crippen LogP contribution in [0.5, 0.6) is 0 Å². The highest BCUT2D eigenvalue weighted by Gasteiger charge is 2.07. The van der Waals surface area contributed by atoms with E-state index in [9.17, 15) is 9.59 Å². The van der Waals surface area contributed by atoms with Gasteiger partial charge in [-0.15, -0.1) is 0 Å². The smallest absolute Gasteiger partial charge is 0.354 e. The molecule has 2 aromatic rings. The number of rotatable bonds is 3. The number of aromatic nitrogens is 3. The van der Waals surface area contributed by atoms with Gasteiger partial charge in [-0.1, -0.05) is 11.8 Å². The van der Waals surface area contributed by atoms with Crippen LogP contribution in [0.1, 0.15) is 16.2 Å². The molecule has 0 unspecified atom stereocenters. The number of aromatic carboxylic acids is 1. The SMILES string of the molecule is Cc1cc(=O)[nH]c(Sc2ccnc(C(=O)O)c2)n1. The predicted octanol–water partition coefficient (Wildman–Crippen LogP) is 1.32. The number of aryl methyl sites for hydroxylation is 1. The number of pyridine rings is 1. The van der Waals surface area contributed by atoms with E-state index < -0.39 is 5.97 Å². The van der Waals surface area contributed by atoms with E-state index in [2.05, 4.69) is 15.0 Å². The topological polar surface area (TPSA) is 95.9 Å². The molecule has 6 nitrogen and oxygen atoms in total. The molecule has 2 N–H and O–H groups in total. The number of nitrogens with one attached hydrogen (secondary N) is 1. The van der Waals surface area contributed by atoms with E-state index in [1.165, 1.54) is 30.1 Å². The van der Waals surface area contributed by atoms with Gasteiger partial charge in [0.05, 0.1) is 0 Å². The predicted molar refractivity (Wildman–Crippen MR) is 64.9 cm³/mol. The minimum atomic E-state index is -1.09. The van der Waals surface area contributed by atoms with Gasteiger partial charge < -0.3 is 10.1 Å². The molecule has 0 spiro atoms. The number of H-pyrrole nitrogens is 1. The summed E-state index contributed by atoms with van der Waals surface area (Å²) in [6.07, 6.45) is 1.40. The summed E-state index contributed by atoms with van der Waals surface area (Å²) in [5.74, 6) is -1.09. The molecule has 0 amide bonds. The van der Waals surface area contributed by atoms with Crippen molar-refractivity contribution in [3.05, 3.63) is 46.1 Å². The van der Waals surface area contributed by atoms with Gasteiger partial charge in [-0.05, 0) is 19.1 Å². The molecule has 0 aliphatic carbocycles. The van der Waals surface area contributed by atoms with Crippen LogP contribution >= 0.6 is 11.8 Å². The van der Waals surface area contributed by atoms with Crippen molar-refractivity contribution in [1.82, 2.24) is 15.0 Å². The molecule has 18 heavy (non-hydrogen) atoms. The van der Waals surface area contributed by atoms with Crippen LogP contribution < -0.4 is 5.56 Å². The van der Waals surface area contributed by atoms with Crippen LogP contribution in [0.25, 0.3) is 0 Å². The molecule has 0 aromatic carbocycles. The number of carbonyl (C=O) groups is 1. The number of nitrogens with zero attached hydrogens (tertiary/aromatic N) is 2. The quantitative estimate of drug-likeness (QED) is 0.811. The second-order valence-electron chi connectivity index (χ2n) is 3.48. The summed E-state index contributed by atoms with van der Waals surface area (Å²) >= 11 is 1.18. The van der Waals surface area contributed by atoms with Crippen molar-refractivity contribution in [3.8, 4) is 0 Å². The Balaban J connectivity index is 2.31. The van der Waals surface area contributed by atoms with E-state index in [1.807, 2.05) is 0 Å². The molecule has 0 saturated heterocycles. The van der Waals surface area contributed by atoms with E-state index in [0.717, 1.165) is 0 Å². The van der Waals surface area contributed by atoms with Crippen LogP contribution in [0.4, 0.5) is 0 Å². The van der Waals surface area contributed by atoms with Gasteiger partial charge in [0.15, 0.2) is 5.16 Å². The third-order valence-electron chi connectivity index (χ3n) is 2.01. The summed E-state index contributed by atoms with van der Waals surface area (Å²) in [7, 11) is 0. The number of carboxylic acids is 1. The van der Waals surface area contributed by atoms with Crippen LogP contribution in [-0.2, 0) is 0 Å². The maximum atomic E-state index is 11.3. The van der Waals surface area contributed by atoms with Crippen molar-refractivity contribution < 1.29 is 9.90 Å². The molecule has 0 saturated carbocycles. The number of hydrogen-bond donors (Lipinski definition) is 2. The van der Waals surface area contributed by atoms with E-state index >= 15 is 0 Å². The van der Waals surface area contributed by atoms with Crippen molar-refractivity contribution in [2.24, 2.45) is 0 Å². The lowest BCUT2D eigenvalue weighted by atomic mass is 10.4. The molecule has 2 heterocycles. The zero-order valence-corrected chi connectivity index (χ0v) is 10.2. The van der Waals surface area contributed by atoms with E-state index in [1.54, 1.807) is 13.0 Å². The molecular formula is C11H9N3O3S. The first kappa shape index (κ1) is 12.3. The van der Waals surface area contributed by atoms with Gasteiger partial charge in [0, 0.05) is 22.9 Å². The monoisotopic (exact) mass is 263 g/mol. The van der Waals surface area contributed by atoms with Crippen LogP contribution in [0.3, 0.4) is 0 Å². The van der Waals surface area contributed by atoms with Crippen molar-refractivity contribution in [1.29, 1.82) is 0 Å². The molecule has 2 rings (SSSR count). The fraction of sp³-hybridized carbons (Fsp3) is 0.0909. The molecule has 2 aromatic heterocycles. The highest BCUT2D eigenvalue weighted by molar-refractivity contribution is 7.99. The molecule has 0 atom stereocenters. The van der Waals surface area contributed by atoms with Gasteiger partial charge in [0.2, 0.25) is 0 Å². The maximum absolute atomic E-state index is 11.3. The maximum Gasteiger partial charge on any atom is 0.354 e. The lowest BCUT2D eigenvalue weighted by molar-refractivity contribution is 0.0690. The second kappa shape index (κ2) is 5.01. The number of hydrogen-bond acceptors (Lipinski definition) is 5. The standard InChI is InChI=1S/C11H9N3O3S/c1-6-4-9(15)14-11(13-6)18-7-2-3-12-8(5-7)10(16)17/h2-5H,1H3,(H,16,17)(H,13,14,15). The molecule has 0 aliphatic rings. The fourth-order valence-corrected chi connectivity index (χ4v) is 2.17. The van der Waals surface area contributed by atoms with Gasteiger partial charge in [-0.25, -0.2) is 14.8 Å². The molecule has 0 fully saturated rings. The minimum Gasteiger partial charge on any atom is -0.477 e. The third-order valence-corrected chi connectivity index (χ3v) is 2.89. The zero-order valence-electron chi connectivity index (χ0n) is 9.38.